The summed E-state index contributed by atoms with van der Waals surface area (Å²) in [6.07, 6.45) is -3.12. The molecule has 1 aromatic heterocycles. The van der Waals surface area contributed by atoms with Crippen LogP contribution in [0, 0.1) is 0 Å². The second kappa shape index (κ2) is 32.2. The monoisotopic (exact) mass is 1130 g/mol. The molecule has 2 unspecified atom stereocenters. The summed E-state index contributed by atoms with van der Waals surface area (Å²) in [7, 11) is -5.90. The number of amides is 2. The zero-order valence-electron chi connectivity index (χ0n) is 46.8. The Bertz CT molecular complexity index is 2700. The third kappa shape index (κ3) is 18.8. The second-order valence-corrected chi connectivity index (χ2v) is 23.4. The van der Waals surface area contributed by atoms with Gasteiger partial charge in [-0.05, 0) is 95.7 Å². The molecule has 6 rings (SSSR count). The summed E-state index contributed by atoms with van der Waals surface area (Å²) in [6.45, 7) is 14.6. The van der Waals surface area contributed by atoms with Crippen LogP contribution in [0.25, 0.3) is 56.4 Å². The fourth-order valence-electron chi connectivity index (χ4n) is 8.48. The number of phenols is 1. The lowest BCUT2D eigenvalue weighted by Crippen LogP contribution is -2.46. The summed E-state index contributed by atoms with van der Waals surface area (Å²) in [5.74, 6) is 0.0808. The van der Waals surface area contributed by atoms with Crippen molar-refractivity contribution in [2.24, 2.45) is 0 Å². The first-order valence-corrected chi connectivity index (χ1v) is 31.2. The van der Waals surface area contributed by atoms with Crippen molar-refractivity contribution in [1.29, 1.82) is 0 Å². The molecule has 0 spiro atoms. The molecule has 0 aliphatic carbocycles. The number of ether oxygens (including phenoxy) is 4. The Morgan fingerprint density at radius 3 is 1.34 bits per heavy atom. The smallest absolute Gasteiger partial charge is 0.500 e. The summed E-state index contributed by atoms with van der Waals surface area (Å²) < 4.78 is 58.1. The zero-order valence-corrected chi connectivity index (χ0v) is 48.8. The van der Waals surface area contributed by atoms with Crippen LogP contribution in [-0.4, -0.2) is 134 Å². The van der Waals surface area contributed by atoms with Crippen molar-refractivity contribution >= 4 is 35.8 Å². The Morgan fingerprint density at radius 1 is 0.500 bits per heavy atom. The zero-order chi connectivity index (χ0) is 57.2. The van der Waals surface area contributed by atoms with Gasteiger partial charge in [0.2, 0.25) is 0 Å². The maximum absolute atomic E-state index is 13.5. The molecule has 2 atom stereocenters. The third-order valence-corrected chi connectivity index (χ3v) is 18.4. The first-order valence-electron chi connectivity index (χ1n) is 27.3. The van der Waals surface area contributed by atoms with E-state index in [-0.39, 0.29) is 36.0 Å². The largest absolute Gasteiger partial charge is 0.507 e. The van der Waals surface area contributed by atoms with Crippen LogP contribution < -0.4 is 15.4 Å². The maximum atomic E-state index is 13.5. The SMILES string of the molecule is CCO[Si](CCCNC(=O)OCC(COC(=O)C(C)Oc1ccc(-c2nc(-c3ccc(-c4ccccc4)cc3)nc(-c3ccc(-c4ccccc4)cc3)n2)c(O)c1)OC(=O)NCCC[Si](OCC)(OCC)OCC)(OCC)OCC. The number of hydrogen-bond donors (Lipinski definition) is 3. The molecule has 5 aromatic carbocycles. The molecule has 0 radical (unpaired) electrons. The predicted octanol–water partition coefficient (Wildman–Crippen LogP) is 10.9. The van der Waals surface area contributed by atoms with Gasteiger partial charge in [-0.1, -0.05) is 109 Å². The lowest BCUT2D eigenvalue weighted by molar-refractivity contribution is -0.154. The van der Waals surface area contributed by atoms with Crippen LogP contribution in [0.4, 0.5) is 9.59 Å². The van der Waals surface area contributed by atoms with Crippen molar-refractivity contribution in [3.8, 4) is 67.9 Å². The van der Waals surface area contributed by atoms with Gasteiger partial charge in [-0.3, -0.25) is 0 Å². The lowest BCUT2D eigenvalue weighted by atomic mass is 10.0. The number of nitrogens with zero attached hydrogens (tertiary/aromatic N) is 3. The predicted molar refractivity (Wildman–Crippen MR) is 307 cm³/mol. The minimum Gasteiger partial charge on any atom is -0.507 e. The van der Waals surface area contributed by atoms with E-state index in [2.05, 4.69) is 10.6 Å². The van der Waals surface area contributed by atoms with E-state index >= 15 is 0 Å². The van der Waals surface area contributed by atoms with Gasteiger partial charge in [0.1, 0.15) is 24.7 Å². The third-order valence-electron chi connectivity index (χ3n) is 12.1. The van der Waals surface area contributed by atoms with Crippen molar-refractivity contribution in [3.05, 3.63) is 127 Å². The van der Waals surface area contributed by atoms with Gasteiger partial charge in [0.15, 0.2) is 29.7 Å². The summed E-state index contributed by atoms with van der Waals surface area (Å²) in [5, 5.41) is 16.9. The van der Waals surface area contributed by atoms with E-state index in [1.54, 1.807) is 12.1 Å². The quantitative estimate of drug-likeness (QED) is 0.0151. The number of aromatic nitrogens is 3. The maximum Gasteiger partial charge on any atom is 0.500 e. The fourth-order valence-corrected chi connectivity index (χ4v) is 13.7. The Balaban J connectivity index is 1.13. The number of aromatic hydroxyl groups is 1. The van der Waals surface area contributed by atoms with E-state index in [1.165, 1.54) is 13.0 Å². The summed E-state index contributed by atoms with van der Waals surface area (Å²) in [4.78, 5) is 54.1. The highest BCUT2D eigenvalue weighted by molar-refractivity contribution is 6.61. The van der Waals surface area contributed by atoms with Crippen molar-refractivity contribution in [1.82, 2.24) is 25.6 Å². The second-order valence-electron chi connectivity index (χ2n) is 17.9. The Kier molecular flexibility index (Phi) is 25.0. The number of alkyl carbamates (subject to hydrolysis) is 2. The molecule has 80 heavy (non-hydrogen) atoms. The molecular formula is C59H75N5O14Si2. The molecule has 19 nitrogen and oxygen atoms in total. The van der Waals surface area contributed by atoms with Gasteiger partial charge in [0.05, 0.1) is 5.56 Å². The van der Waals surface area contributed by atoms with Gasteiger partial charge in [0, 0.05) is 82.0 Å². The number of benzene rings is 5. The number of hydrogen-bond acceptors (Lipinski definition) is 17. The minimum atomic E-state index is -2.96. The number of carbonyl (C=O) groups is 3. The van der Waals surface area contributed by atoms with Gasteiger partial charge in [0.25, 0.3) is 0 Å². The van der Waals surface area contributed by atoms with Crippen LogP contribution in [0.5, 0.6) is 11.5 Å². The van der Waals surface area contributed by atoms with E-state index in [0.717, 1.165) is 33.4 Å². The normalized spacial score (nSPS) is 12.3. The first kappa shape index (κ1) is 62.1. The number of nitrogens with one attached hydrogen (secondary N) is 2. The molecular weight excluding hydrogens is 1060 g/mol. The van der Waals surface area contributed by atoms with Crippen molar-refractivity contribution in [2.45, 2.75) is 85.6 Å². The van der Waals surface area contributed by atoms with E-state index in [4.69, 9.17) is 60.5 Å². The topological polar surface area (TPSA) is 226 Å². The highest BCUT2D eigenvalue weighted by Gasteiger charge is 2.41. The van der Waals surface area contributed by atoms with Gasteiger partial charge in [-0.25, -0.2) is 29.3 Å². The summed E-state index contributed by atoms with van der Waals surface area (Å²) >= 11 is 0. The lowest BCUT2D eigenvalue weighted by Gasteiger charge is -2.28. The molecule has 428 valence electrons. The Labute approximate surface area is 471 Å². The van der Waals surface area contributed by atoms with Crippen LogP contribution in [0.2, 0.25) is 12.1 Å². The summed E-state index contributed by atoms with van der Waals surface area (Å²) in [5.41, 5.74) is 5.97. The molecule has 0 bridgehead atoms. The van der Waals surface area contributed by atoms with Gasteiger partial charge < -0.3 is 61.2 Å². The molecule has 0 fully saturated rings. The van der Waals surface area contributed by atoms with E-state index in [1.807, 2.05) is 151 Å². The van der Waals surface area contributed by atoms with Crippen LogP contribution in [-0.2, 0) is 45.6 Å². The molecule has 1 heterocycles. The van der Waals surface area contributed by atoms with E-state index < -0.39 is 61.2 Å². The number of carbonyl (C=O) groups excluding carboxylic acids is 3. The van der Waals surface area contributed by atoms with Crippen molar-refractivity contribution < 1.29 is 65.0 Å². The first-order chi connectivity index (χ1) is 38.9. The molecule has 6 aromatic rings. The number of phenolic OH excluding ortho intramolecular Hbond substituents is 1. The Hall–Kier alpha value is -7.09. The number of esters is 1. The molecule has 0 saturated carbocycles. The van der Waals surface area contributed by atoms with Gasteiger partial charge >= 0.3 is 35.8 Å². The van der Waals surface area contributed by atoms with Crippen molar-refractivity contribution in [2.75, 3.05) is 65.9 Å². The highest BCUT2D eigenvalue weighted by Crippen LogP contribution is 2.34. The van der Waals surface area contributed by atoms with E-state index in [9.17, 15) is 19.5 Å². The molecule has 2 amide bonds. The van der Waals surface area contributed by atoms with Crippen LogP contribution in [0.15, 0.2) is 127 Å². The standard InChI is InChI=1S/C59H75N5O14Si2/c1-8-71-79(72-9-2,73-10-3)38-20-36-60-58(67)70-42-51(78-59(68)61-37-21-39-80(74-11-4,75-12-5)76-13-6)41-69-57(66)43(7)77-50-34-35-52(53(65)40-50)56-63-54(48-30-26-46(27-31-48)44-22-16-14-17-23-44)62-55(64-56)49-32-28-47(29-33-49)45-24-18-15-19-25-45/h14-19,22-35,40,43,51,65H,8-13,20-21,36-39,41-42H2,1-7H3,(H,60,67)(H,61,68). The fraction of sp³-hybridized carbons (Fsp3) is 0.390. The van der Waals surface area contributed by atoms with Gasteiger partial charge in [-0.15, -0.1) is 0 Å². The molecule has 0 aliphatic rings. The molecule has 21 heteroatoms. The summed E-state index contributed by atoms with van der Waals surface area (Å²) in [6, 6.07) is 41.3. The average Bonchev–Trinajstić information content (AvgIpc) is 3.51. The highest BCUT2D eigenvalue weighted by atomic mass is 28.4. The van der Waals surface area contributed by atoms with Crippen LogP contribution in [0.3, 0.4) is 0 Å². The van der Waals surface area contributed by atoms with Crippen LogP contribution in [0.1, 0.15) is 61.3 Å². The number of rotatable bonds is 33. The average molecular weight is 1130 g/mol. The molecule has 0 aliphatic heterocycles. The minimum absolute atomic E-state index is 0.138. The molecule has 3 N–H and O–H groups in total. The van der Waals surface area contributed by atoms with E-state index in [0.29, 0.717) is 76.2 Å². The van der Waals surface area contributed by atoms with Crippen molar-refractivity contribution in [3.63, 3.8) is 0 Å². The Morgan fingerprint density at radius 2 is 0.900 bits per heavy atom. The van der Waals surface area contributed by atoms with Crippen LogP contribution >= 0.6 is 0 Å². The van der Waals surface area contributed by atoms with Gasteiger partial charge in [-0.2, -0.15) is 0 Å². The molecule has 0 saturated heterocycles.